The van der Waals surface area contributed by atoms with E-state index in [1.54, 1.807) is 14.2 Å². The van der Waals surface area contributed by atoms with E-state index < -0.39 is 20.2 Å². The summed E-state index contributed by atoms with van der Waals surface area (Å²) in [4.78, 5) is 12.2. The minimum absolute atomic E-state index is 0.114. The normalized spacial score (nSPS) is 24.6. The highest BCUT2D eigenvalue weighted by Crippen LogP contribution is 2.36. The fraction of sp³-hybridized carbons (Fsp3) is 0.824. The first-order chi connectivity index (χ1) is 11.6. The Kier molecular flexibility index (Phi) is 8.72. The van der Waals surface area contributed by atoms with E-state index in [-0.39, 0.29) is 24.4 Å². The van der Waals surface area contributed by atoms with Crippen molar-refractivity contribution in [3.63, 3.8) is 0 Å². The summed E-state index contributed by atoms with van der Waals surface area (Å²) in [7, 11) is 2.77. The van der Waals surface area contributed by atoms with Crippen molar-refractivity contribution >= 4 is 14.1 Å². The summed E-state index contributed by atoms with van der Waals surface area (Å²) in [5.74, 6) is -1.17. The Morgan fingerprint density at radius 2 is 1.64 bits per heavy atom. The van der Waals surface area contributed by atoms with Gasteiger partial charge in [0.25, 0.3) is 0 Å². The third kappa shape index (κ3) is 7.16. The molecule has 0 N–H and O–H groups in total. The van der Waals surface area contributed by atoms with Crippen LogP contribution in [0.1, 0.15) is 13.3 Å². The molecule has 0 aromatic rings. The van der Waals surface area contributed by atoms with Gasteiger partial charge < -0.3 is 28.1 Å². The van der Waals surface area contributed by atoms with Gasteiger partial charge in [-0.15, -0.1) is 0 Å². The first-order valence-electron chi connectivity index (χ1n) is 8.38. The van der Waals surface area contributed by atoms with Crippen LogP contribution in [0.2, 0.25) is 19.6 Å². The van der Waals surface area contributed by atoms with Crippen LogP contribution < -0.4 is 0 Å². The quantitative estimate of drug-likeness (QED) is 0.311. The molecule has 0 aliphatic carbocycles. The molecule has 3 atom stereocenters. The lowest BCUT2D eigenvalue weighted by atomic mass is 10.1. The third-order valence-corrected chi connectivity index (χ3v) is 4.70. The largest absolute Gasteiger partial charge is 0.504 e. The zero-order chi connectivity index (χ0) is 19.1. The van der Waals surface area contributed by atoms with Crippen LogP contribution in [0.4, 0.5) is 0 Å². The fourth-order valence-electron chi connectivity index (χ4n) is 2.70. The van der Waals surface area contributed by atoms with E-state index in [0.717, 1.165) is 0 Å². The summed E-state index contributed by atoms with van der Waals surface area (Å²) in [6.45, 7) is 8.75. The van der Waals surface area contributed by atoms with Gasteiger partial charge in [-0.25, -0.2) is 0 Å². The van der Waals surface area contributed by atoms with E-state index in [1.807, 2.05) is 6.92 Å². The molecule has 1 rings (SSSR count). The van der Waals surface area contributed by atoms with Crippen LogP contribution in [0.3, 0.4) is 0 Å². The molecule has 1 aliphatic rings. The van der Waals surface area contributed by atoms with Crippen molar-refractivity contribution in [1.29, 1.82) is 0 Å². The maximum absolute atomic E-state index is 12.2. The Bertz CT molecular complexity index is 433. The third-order valence-electron chi connectivity index (χ3n) is 3.70. The van der Waals surface area contributed by atoms with Crippen molar-refractivity contribution in [3.8, 4) is 0 Å². The van der Waals surface area contributed by atoms with Crippen LogP contribution >= 0.6 is 0 Å². The number of hydrogen-bond acceptors (Lipinski definition) is 7. The van der Waals surface area contributed by atoms with Gasteiger partial charge in [0.2, 0.25) is 0 Å². The van der Waals surface area contributed by atoms with Crippen LogP contribution in [0.5, 0.6) is 0 Å². The number of carbonyl (C=O) groups is 1. The molecule has 0 aromatic heterocycles. The molecule has 0 bridgehead atoms. The van der Waals surface area contributed by atoms with E-state index in [4.69, 9.17) is 28.1 Å². The zero-order valence-corrected chi connectivity index (χ0v) is 17.4. The first kappa shape index (κ1) is 22.3. The standard InChI is InChI=1S/C17H32O7Si/c1-17(22-14(11-20-3)15(23-17)12-21-4)16(24-25(5,6)7)10-13(18)8-9-19-2/h8-9,14-16H,10-12H2,1-7H3/b9-8+/t14-,15-,16?/m0/s1. The van der Waals surface area contributed by atoms with E-state index in [1.165, 1.54) is 19.4 Å². The molecule has 0 aromatic carbocycles. The Balaban J connectivity index is 2.98. The summed E-state index contributed by atoms with van der Waals surface area (Å²) in [5.41, 5.74) is 0. The Morgan fingerprint density at radius 3 is 2.04 bits per heavy atom. The Morgan fingerprint density at radius 1 is 1.12 bits per heavy atom. The van der Waals surface area contributed by atoms with Crippen molar-refractivity contribution in [2.75, 3.05) is 34.5 Å². The lowest BCUT2D eigenvalue weighted by molar-refractivity contribution is -0.221. The molecule has 0 amide bonds. The van der Waals surface area contributed by atoms with Crippen molar-refractivity contribution in [2.24, 2.45) is 0 Å². The van der Waals surface area contributed by atoms with E-state index >= 15 is 0 Å². The highest BCUT2D eigenvalue weighted by molar-refractivity contribution is 6.69. The van der Waals surface area contributed by atoms with Crippen molar-refractivity contribution < 1.29 is 32.9 Å². The van der Waals surface area contributed by atoms with Gasteiger partial charge in [0.1, 0.15) is 18.3 Å². The van der Waals surface area contributed by atoms with E-state index in [2.05, 4.69) is 19.6 Å². The predicted molar refractivity (Wildman–Crippen MR) is 95.9 cm³/mol. The SMILES string of the molecule is CO/C=C/C(=O)CC(O[Si](C)(C)C)C1(C)O[C@@H](COC)[C@H](COC)O1. The topological polar surface area (TPSA) is 72.5 Å². The maximum atomic E-state index is 12.2. The van der Waals surface area contributed by atoms with Crippen molar-refractivity contribution in [3.05, 3.63) is 12.3 Å². The molecule has 0 spiro atoms. The van der Waals surface area contributed by atoms with Crippen LogP contribution in [0, 0.1) is 0 Å². The van der Waals surface area contributed by atoms with Gasteiger partial charge >= 0.3 is 0 Å². The van der Waals surface area contributed by atoms with E-state index in [9.17, 15) is 4.79 Å². The molecule has 0 saturated carbocycles. The number of methoxy groups -OCH3 is 3. The molecule has 1 fully saturated rings. The fourth-order valence-corrected chi connectivity index (χ4v) is 3.85. The zero-order valence-electron chi connectivity index (χ0n) is 16.4. The predicted octanol–water partition coefficient (Wildman–Crippen LogP) is 2.12. The molecule has 1 heterocycles. The Labute approximate surface area is 151 Å². The van der Waals surface area contributed by atoms with Gasteiger partial charge in [0, 0.05) is 26.7 Å². The lowest BCUT2D eigenvalue weighted by Crippen LogP contribution is -2.49. The number of rotatable bonds is 11. The summed E-state index contributed by atoms with van der Waals surface area (Å²) in [6, 6.07) is 0. The molecular weight excluding hydrogens is 344 g/mol. The number of ketones is 1. The van der Waals surface area contributed by atoms with E-state index in [0.29, 0.717) is 13.2 Å². The van der Waals surface area contributed by atoms with Crippen molar-refractivity contribution in [1.82, 2.24) is 0 Å². The maximum Gasteiger partial charge on any atom is 0.192 e. The second-order valence-corrected chi connectivity index (χ2v) is 11.6. The molecule has 0 radical (unpaired) electrons. The van der Waals surface area contributed by atoms with Gasteiger partial charge in [-0.05, 0) is 26.6 Å². The second-order valence-electron chi connectivity index (χ2n) is 7.17. The van der Waals surface area contributed by atoms with Gasteiger partial charge in [-0.2, -0.15) is 0 Å². The molecule has 7 nitrogen and oxygen atoms in total. The Hall–Kier alpha value is -0.773. The lowest BCUT2D eigenvalue weighted by Gasteiger charge is -2.36. The molecule has 1 saturated heterocycles. The molecule has 1 aliphatic heterocycles. The first-order valence-corrected chi connectivity index (χ1v) is 11.8. The molecule has 1 unspecified atom stereocenters. The average molecular weight is 377 g/mol. The van der Waals surface area contributed by atoms with Crippen LogP contribution in [-0.2, 0) is 32.9 Å². The smallest absolute Gasteiger partial charge is 0.192 e. The monoisotopic (exact) mass is 376 g/mol. The van der Waals surface area contributed by atoms with Gasteiger partial charge in [0.15, 0.2) is 19.9 Å². The molecule has 146 valence electrons. The van der Waals surface area contributed by atoms with Crippen LogP contribution in [-0.4, -0.2) is 72.7 Å². The number of hydrogen-bond donors (Lipinski definition) is 0. The summed E-state index contributed by atoms with van der Waals surface area (Å²) in [5, 5.41) is 0. The highest BCUT2D eigenvalue weighted by Gasteiger charge is 2.51. The van der Waals surface area contributed by atoms with Gasteiger partial charge in [-0.1, -0.05) is 0 Å². The summed E-state index contributed by atoms with van der Waals surface area (Å²) < 4.78 is 33.8. The molecule has 25 heavy (non-hydrogen) atoms. The minimum Gasteiger partial charge on any atom is -0.504 e. The number of carbonyl (C=O) groups excluding carboxylic acids is 1. The van der Waals surface area contributed by atoms with Crippen molar-refractivity contribution in [2.45, 2.75) is 57.1 Å². The summed E-state index contributed by atoms with van der Waals surface area (Å²) >= 11 is 0. The minimum atomic E-state index is -1.94. The van der Waals surface area contributed by atoms with Gasteiger partial charge in [0.05, 0.1) is 26.6 Å². The molecular formula is C17H32O7Si. The van der Waals surface area contributed by atoms with Gasteiger partial charge in [-0.3, -0.25) is 4.79 Å². The number of ether oxygens (including phenoxy) is 5. The second kappa shape index (κ2) is 9.80. The molecule has 8 heteroatoms. The van der Waals surface area contributed by atoms with Crippen LogP contribution in [0.15, 0.2) is 12.3 Å². The van der Waals surface area contributed by atoms with Crippen LogP contribution in [0.25, 0.3) is 0 Å². The highest BCUT2D eigenvalue weighted by atomic mass is 28.4. The summed E-state index contributed by atoms with van der Waals surface area (Å²) in [6.07, 6.45) is 1.78. The average Bonchev–Trinajstić information content (AvgIpc) is 2.81. The number of allylic oxidation sites excluding steroid dienone is 1.